The highest BCUT2D eigenvalue weighted by atomic mass is 32.2. The maximum absolute atomic E-state index is 13.5. The monoisotopic (exact) mass is 568 g/mol. The number of alkyl halides is 3. The molecule has 2 aromatic rings. The van der Waals surface area contributed by atoms with E-state index in [2.05, 4.69) is 4.99 Å². The maximum Gasteiger partial charge on any atom is 0.417 e. The van der Waals surface area contributed by atoms with Gasteiger partial charge in [0.1, 0.15) is 11.6 Å². The van der Waals surface area contributed by atoms with Gasteiger partial charge in [0, 0.05) is 38.8 Å². The van der Waals surface area contributed by atoms with Gasteiger partial charge in [-0.25, -0.2) is 13.2 Å². The Morgan fingerprint density at radius 1 is 1.15 bits per heavy atom. The molecule has 210 valence electrons. The molecule has 1 aliphatic rings. The minimum atomic E-state index is -4.93. The van der Waals surface area contributed by atoms with Crippen LogP contribution in [0.4, 0.5) is 18.0 Å². The second-order valence-corrected chi connectivity index (χ2v) is 10.6. The predicted octanol–water partition coefficient (Wildman–Crippen LogP) is 3.29. The Bertz CT molecular complexity index is 1390. The molecular formula is C25H27F3N4O6S. The third-order valence-electron chi connectivity index (χ3n) is 5.88. The molecule has 0 aromatic heterocycles. The molecule has 0 spiro atoms. The minimum absolute atomic E-state index is 0.137. The first-order valence-corrected chi connectivity index (χ1v) is 13.0. The summed E-state index contributed by atoms with van der Waals surface area (Å²) in [5, 5.41) is 9.26. The predicted molar refractivity (Wildman–Crippen MR) is 136 cm³/mol. The highest BCUT2D eigenvalue weighted by Crippen LogP contribution is 2.37. The summed E-state index contributed by atoms with van der Waals surface area (Å²) in [7, 11) is -0.722. The molecule has 0 atom stereocenters. The molecule has 2 amide bonds. The molecule has 0 saturated heterocycles. The molecule has 39 heavy (non-hydrogen) atoms. The summed E-state index contributed by atoms with van der Waals surface area (Å²) < 4.78 is 71.7. The Kier molecular flexibility index (Phi) is 9.02. The molecule has 0 bridgehead atoms. The molecule has 14 heteroatoms. The van der Waals surface area contributed by atoms with Gasteiger partial charge in [-0.3, -0.25) is 14.7 Å². The van der Waals surface area contributed by atoms with Crippen LogP contribution >= 0.6 is 0 Å². The van der Waals surface area contributed by atoms with Crippen molar-refractivity contribution in [1.82, 2.24) is 14.1 Å². The van der Waals surface area contributed by atoms with Gasteiger partial charge in [0.15, 0.2) is 0 Å². The number of hydrogen-bond donors (Lipinski definition) is 1. The first-order valence-electron chi connectivity index (χ1n) is 11.5. The van der Waals surface area contributed by atoms with Crippen LogP contribution < -0.4 is 4.74 Å². The van der Waals surface area contributed by atoms with Gasteiger partial charge < -0.3 is 14.7 Å². The Morgan fingerprint density at radius 2 is 1.82 bits per heavy atom. The zero-order chi connectivity index (χ0) is 29.0. The van der Waals surface area contributed by atoms with Crippen LogP contribution in [0.25, 0.3) is 0 Å². The maximum atomic E-state index is 13.5. The van der Waals surface area contributed by atoms with E-state index in [-0.39, 0.29) is 25.4 Å². The van der Waals surface area contributed by atoms with E-state index in [0.717, 1.165) is 35.7 Å². The molecule has 0 radical (unpaired) electrons. The van der Waals surface area contributed by atoms with Crippen LogP contribution in [0.2, 0.25) is 0 Å². The van der Waals surface area contributed by atoms with Crippen LogP contribution in [0.5, 0.6) is 5.75 Å². The smallest absolute Gasteiger partial charge is 0.417 e. The van der Waals surface area contributed by atoms with E-state index in [1.165, 1.54) is 25.1 Å². The van der Waals surface area contributed by atoms with Crippen molar-refractivity contribution in [3.05, 3.63) is 71.3 Å². The summed E-state index contributed by atoms with van der Waals surface area (Å²) in [4.78, 5) is 29.6. The lowest BCUT2D eigenvalue weighted by atomic mass is 10.1. The van der Waals surface area contributed by atoms with Crippen molar-refractivity contribution < 1.29 is 41.0 Å². The number of sulfonamides is 1. The van der Waals surface area contributed by atoms with E-state index in [1.807, 2.05) is 0 Å². The van der Waals surface area contributed by atoms with Crippen molar-refractivity contribution in [2.24, 2.45) is 4.99 Å². The lowest BCUT2D eigenvalue weighted by Gasteiger charge is -2.20. The SMILES string of the molecule is COc1ccc(S(=O)(=O)N(C)C/C=C/C(=O)N(C)Cc2ccc(C3=NCCN3C(=O)O)cc2)c(C(F)(F)F)c1. The van der Waals surface area contributed by atoms with Crippen molar-refractivity contribution in [1.29, 1.82) is 0 Å². The number of likely N-dealkylation sites (N-methyl/N-ethyl adjacent to an activating group) is 2. The quantitative estimate of drug-likeness (QED) is 0.464. The Morgan fingerprint density at radius 3 is 2.41 bits per heavy atom. The summed E-state index contributed by atoms with van der Waals surface area (Å²) >= 11 is 0. The molecule has 10 nitrogen and oxygen atoms in total. The fraction of sp³-hybridized carbons (Fsp3) is 0.320. The average Bonchev–Trinajstić information content (AvgIpc) is 3.38. The Balaban J connectivity index is 1.63. The fourth-order valence-electron chi connectivity index (χ4n) is 3.77. The van der Waals surface area contributed by atoms with Crippen LogP contribution in [0.3, 0.4) is 0 Å². The van der Waals surface area contributed by atoms with Crippen LogP contribution in [0, 0.1) is 0 Å². The lowest BCUT2D eigenvalue weighted by Crippen LogP contribution is -2.33. The molecule has 0 aliphatic carbocycles. The minimum Gasteiger partial charge on any atom is -0.497 e. The van der Waals surface area contributed by atoms with Crippen molar-refractivity contribution >= 4 is 27.9 Å². The molecule has 0 fully saturated rings. The van der Waals surface area contributed by atoms with Gasteiger partial charge in [0.25, 0.3) is 0 Å². The van der Waals surface area contributed by atoms with Gasteiger partial charge >= 0.3 is 12.3 Å². The third-order valence-corrected chi connectivity index (χ3v) is 7.76. The summed E-state index contributed by atoms with van der Waals surface area (Å²) in [5.74, 6) is -0.235. The number of amidine groups is 1. The van der Waals surface area contributed by atoms with Gasteiger partial charge in [-0.15, -0.1) is 0 Å². The number of nitrogens with zero attached hydrogens (tertiary/aromatic N) is 4. The number of hydrogen-bond acceptors (Lipinski definition) is 6. The van der Waals surface area contributed by atoms with Gasteiger partial charge in [-0.05, 0) is 23.8 Å². The lowest BCUT2D eigenvalue weighted by molar-refractivity contribution is -0.140. The van der Waals surface area contributed by atoms with Gasteiger partial charge in [0.2, 0.25) is 15.9 Å². The summed E-state index contributed by atoms with van der Waals surface area (Å²) in [6.45, 7) is 0.527. The van der Waals surface area contributed by atoms with Gasteiger partial charge in [0.05, 0.1) is 30.7 Å². The van der Waals surface area contributed by atoms with Crippen molar-refractivity contribution in [2.45, 2.75) is 17.6 Å². The van der Waals surface area contributed by atoms with Crippen molar-refractivity contribution in [3.8, 4) is 5.75 Å². The van der Waals surface area contributed by atoms with E-state index in [4.69, 9.17) is 4.74 Å². The number of ether oxygens (including phenoxy) is 1. The fourth-order valence-corrected chi connectivity index (χ4v) is 5.08. The van der Waals surface area contributed by atoms with Crippen molar-refractivity contribution in [3.63, 3.8) is 0 Å². The van der Waals surface area contributed by atoms with Gasteiger partial charge in [-0.2, -0.15) is 17.5 Å². The Labute approximate surface area is 223 Å². The van der Waals surface area contributed by atoms with Crippen LogP contribution in [-0.2, 0) is 27.5 Å². The zero-order valence-corrected chi connectivity index (χ0v) is 22.2. The Hall–Kier alpha value is -3.91. The molecule has 1 N–H and O–H groups in total. The van der Waals surface area contributed by atoms with E-state index in [9.17, 15) is 36.3 Å². The number of carbonyl (C=O) groups excluding carboxylic acids is 1. The van der Waals surface area contributed by atoms with Crippen LogP contribution in [-0.4, -0.2) is 86.3 Å². The molecule has 0 saturated carbocycles. The highest BCUT2D eigenvalue weighted by molar-refractivity contribution is 7.89. The van der Waals surface area contributed by atoms with E-state index >= 15 is 0 Å². The highest BCUT2D eigenvalue weighted by Gasteiger charge is 2.38. The molecule has 2 aromatic carbocycles. The second kappa shape index (κ2) is 11.9. The van der Waals surface area contributed by atoms with Gasteiger partial charge in [-0.1, -0.05) is 30.3 Å². The molecular weight excluding hydrogens is 541 g/mol. The number of amides is 2. The zero-order valence-electron chi connectivity index (χ0n) is 21.3. The summed E-state index contributed by atoms with van der Waals surface area (Å²) in [5.41, 5.74) is 0.0276. The number of aliphatic imine (C=N–C) groups is 1. The molecule has 1 heterocycles. The number of carboxylic acid groups (broad SMARTS) is 1. The topological polar surface area (TPSA) is 120 Å². The van der Waals surface area contributed by atoms with Crippen LogP contribution in [0.15, 0.2) is 64.5 Å². The summed E-state index contributed by atoms with van der Waals surface area (Å²) in [6.07, 6.45) is -3.63. The standard InChI is InChI=1S/C25H27F3N4O6S/c1-30(16-17-6-8-18(9-7-17)23-29-12-14-32(23)24(34)35)22(33)5-4-13-31(2)39(36,37)21-11-10-19(38-3)15-20(21)25(26,27)28/h4-11,15H,12-14,16H2,1-3H3,(H,34,35)/b5-4+. The van der Waals surface area contributed by atoms with E-state index < -0.39 is 38.7 Å². The number of halogens is 3. The number of rotatable bonds is 9. The normalized spacial score (nSPS) is 14.1. The first-order chi connectivity index (χ1) is 18.3. The van der Waals surface area contributed by atoms with Crippen LogP contribution in [0.1, 0.15) is 16.7 Å². The number of methoxy groups -OCH3 is 1. The van der Waals surface area contributed by atoms with E-state index in [0.29, 0.717) is 28.3 Å². The first kappa shape index (κ1) is 29.6. The van der Waals surface area contributed by atoms with Crippen molar-refractivity contribution in [2.75, 3.05) is 40.8 Å². The number of benzene rings is 2. The second-order valence-electron chi connectivity index (χ2n) is 8.58. The largest absolute Gasteiger partial charge is 0.497 e. The average molecular weight is 569 g/mol. The summed E-state index contributed by atoms with van der Waals surface area (Å²) in [6, 6.07) is 9.45. The third kappa shape index (κ3) is 6.95. The van der Waals surface area contributed by atoms with E-state index in [1.54, 1.807) is 24.3 Å². The molecule has 0 unspecified atom stereocenters. The molecule has 1 aliphatic heterocycles. The molecule has 3 rings (SSSR count). The number of carbonyl (C=O) groups is 2.